The lowest BCUT2D eigenvalue weighted by atomic mass is 9.89. The third kappa shape index (κ3) is 4.05. The topological polar surface area (TPSA) is 64.9 Å². The molecule has 0 bridgehead atoms. The van der Waals surface area contributed by atoms with Crippen molar-refractivity contribution >= 4 is 22.2 Å². The fourth-order valence-electron chi connectivity index (χ4n) is 2.62. The number of hydrogen-bond donors (Lipinski definition) is 2. The molecule has 1 heterocycles. The second kappa shape index (κ2) is 7.06. The van der Waals surface area contributed by atoms with Crippen LogP contribution in [0.1, 0.15) is 49.6 Å². The first-order valence-corrected chi connectivity index (χ1v) is 8.40. The number of fused-ring (bicyclic) bond motifs is 1. The highest BCUT2D eigenvalue weighted by molar-refractivity contribution is 7.16. The quantitative estimate of drug-likeness (QED) is 0.878. The molecule has 0 saturated carbocycles. The molecule has 1 atom stereocenters. The molecule has 1 unspecified atom stereocenters. The van der Waals surface area contributed by atoms with Crippen molar-refractivity contribution in [1.82, 2.24) is 5.32 Å². The fourth-order valence-corrected chi connectivity index (χ4v) is 4.00. The maximum Gasteiger partial charge on any atom is 0.226 e. The highest BCUT2D eigenvalue weighted by Gasteiger charge is 2.24. The van der Waals surface area contributed by atoms with Crippen LogP contribution >= 0.6 is 11.3 Å². The number of nitrogens with zero attached hydrogens (tertiary/aromatic N) is 1. The summed E-state index contributed by atoms with van der Waals surface area (Å²) in [6.45, 7) is 7.01. The first-order valence-electron chi connectivity index (χ1n) is 7.59. The van der Waals surface area contributed by atoms with Gasteiger partial charge in [0.1, 0.15) is 11.1 Å². The normalized spacial score (nSPS) is 17.4. The summed E-state index contributed by atoms with van der Waals surface area (Å²) in [5.74, 6) is 0.646. The molecule has 0 aliphatic heterocycles. The molecule has 1 aromatic heterocycles. The Morgan fingerprint density at radius 1 is 1.52 bits per heavy atom. The summed E-state index contributed by atoms with van der Waals surface area (Å²) in [4.78, 5) is 13.3. The van der Waals surface area contributed by atoms with E-state index in [-0.39, 0.29) is 5.91 Å². The van der Waals surface area contributed by atoms with Crippen LogP contribution < -0.4 is 10.6 Å². The van der Waals surface area contributed by atoms with Crippen LogP contribution in [0.2, 0.25) is 0 Å². The number of thiophene rings is 1. The lowest BCUT2D eigenvalue weighted by molar-refractivity contribution is -0.116. The minimum absolute atomic E-state index is 0.0219. The van der Waals surface area contributed by atoms with E-state index in [1.54, 1.807) is 11.3 Å². The van der Waals surface area contributed by atoms with Gasteiger partial charge in [-0.3, -0.25) is 4.79 Å². The zero-order valence-corrected chi connectivity index (χ0v) is 13.8. The van der Waals surface area contributed by atoms with E-state index in [9.17, 15) is 10.1 Å². The number of hydrogen-bond acceptors (Lipinski definition) is 4. The Kier molecular flexibility index (Phi) is 5.38. The number of rotatable bonds is 5. The molecule has 2 N–H and O–H groups in total. The summed E-state index contributed by atoms with van der Waals surface area (Å²) in [5, 5.41) is 16.3. The zero-order chi connectivity index (χ0) is 15.4. The minimum atomic E-state index is -0.0219. The highest BCUT2D eigenvalue weighted by atomic mass is 32.1. The van der Waals surface area contributed by atoms with Crippen LogP contribution in [0.25, 0.3) is 0 Å². The molecule has 0 saturated heterocycles. The van der Waals surface area contributed by atoms with Gasteiger partial charge in [-0.2, -0.15) is 5.26 Å². The van der Waals surface area contributed by atoms with E-state index in [4.69, 9.17) is 0 Å². The van der Waals surface area contributed by atoms with Gasteiger partial charge in [0.15, 0.2) is 0 Å². The van der Waals surface area contributed by atoms with Crippen molar-refractivity contribution in [2.24, 2.45) is 5.92 Å². The summed E-state index contributed by atoms with van der Waals surface area (Å²) in [5.41, 5.74) is 1.85. The van der Waals surface area contributed by atoms with Gasteiger partial charge in [0.25, 0.3) is 0 Å². The van der Waals surface area contributed by atoms with Crippen LogP contribution in [0.5, 0.6) is 0 Å². The second-order valence-electron chi connectivity index (χ2n) is 6.07. The van der Waals surface area contributed by atoms with Crippen LogP contribution in [0.15, 0.2) is 0 Å². The molecule has 1 aliphatic carbocycles. The molecule has 1 amide bonds. The van der Waals surface area contributed by atoms with E-state index < -0.39 is 0 Å². The molecule has 0 fully saturated rings. The number of nitriles is 1. The highest BCUT2D eigenvalue weighted by Crippen LogP contribution is 2.39. The van der Waals surface area contributed by atoms with Gasteiger partial charge in [-0.1, -0.05) is 20.8 Å². The average molecular weight is 305 g/mol. The predicted octanol–water partition coefficient (Wildman–Crippen LogP) is 3.07. The first kappa shape index (κ1) is 16.0. The summed E-state index contributed by atoms with van der Waals surface area (Å²) in [6.07, 6.45) is 3.55. The Morgan fingerprint density at radius 3 is 2.95 bits per heavy atom. The molecule has 0 aromatic carbocycles. The lowest BCUT2D eigenvalue weighted by Crippen LogP contribution is -2.27. The summed E-state index contributed by atoms with van der Waals surface area (Å²) < 4.78 is 0. The maximum absolute atomic E-state index is 12.0. The van der Waals surface area contributed by atoms with Gasteiger partial charge in [0.2, 0.25) is 5.91 Å². The van der Waals surface area contributed by atoms with Gasteiger partial charge in [-0.15, -0.1) is 11.3 Å². The van der Waals surface area contributed by atoms with E-state index in [1.807, 2.05) is 0 Å². The molecular formula is C16H23N3OS. The van der Waals surface area contributed by atoms with Crippen molar-refractivity contribution < 1.29 is 4.79 Å². The van der Waals surface area contributed by atoms with Crippen LogP contribution in [0.3, 0.4) is 0 Å². The molecule has 2 rings (SSSR count). The number of anilines is 1. The van der Waals surface area contributed by atoms with E-state index in [0.29, 0.717) is 30.5 Å². The Balaban J connectivity index is 2.03. The molecule has 114 valence electrons. The summed E-state index contributed by atoms with van der Waals surface area (Å²) in [6, 6.07) is 2.66. The minimum Gasteiger partial charge on any atom is -0.317 e. The Labute approximate surface area is 130 Å². The largest absolute Gasteiger partial charge is 0.317 e. The van der Waals surface area contributed by atoms with E-state index in [1.165, 1.54) is 4.88 Å². The molecule has 21 heavy (non-hydrogen) atoms. The molecule has 1 aliphatic rings. The smallest absolute Gasteiger partial charge is 0.226 e. The molecule has 4 nitrogen and oxygen atoms in total. The van der Waals surface area contributed by atoms with Gasteiger partial charge < -0.3 is 10.6 Å². The van der Waals surface area contributed by atoms with E-state index >= 15 is 0 Å². The number of carbonyl (C=O) groups excluding carboxylic acids is 1. The van der Waals surface area contributed by atoms with E-state index in [0.717, 1.165) is 29.8 Å². The molecule has 0 spiro atoms. The number of amides is 1. The van der Waals surface area contributed by atoms with E-state index in [2.05, 4.69) is 37.5 Å². The van der Waals surface area contributed by atoms with Gasteiger partial charge in [-0.25, -0.2) is 0 Å². The number of carbonyl (C=O) groups is 1. The van der Waals surface area contributed by atoms with Crippen molar-refractivity contribution in [3.8, 4) is 6.07 Å². The lowest BCUT2D eigenvalue weighted by Gasteiger charge is -2.17. The monoisotopic (exact) mass is 305 g/mol. The van der Waals surface area contributed by atoms with Crippen LogP contribution in [0, 0.1) is 17.2 Å². The average Bonchev–Trinajstić information content (AvgIpc) is 2.74. The molecule has 0 radical (unpaired) electrons. The van der Waals surface area contributed by atoms with Crippen molar-refractivity contribution in [3.05, 3.63) is 16.0 Å². The predicted molar refractivity (Wildman–Crippen MR) is 86.6 cm³/mol. The summed E-state index contributed by atoms with van der Waals surface area (Å²) >= 11 is 1.58. The van der Waals surface area contributed by atoms with Crippen LogP contribution in [-0.4, -0.2) is 18.5 Å². The Bertz CT molecular complexity index is 557. The zero-order valence-electron chi connectivity index (χ0n) is 13.0. The SMILES string of the molecule is CC1CCc2c(sc(NC(=O)CCNC(C)C)c2C#N)C1. The maximum atomic E-state index is 12.0. The first-order chi connectivity index (χ1) is 10.0. The van der Waals surface area contributed by atoms with Crippen LogP contribution in [0.4, 0.5) is 5.00 Å². The van der Waals surface area contributed by atoms with Crippen molar-refractivity contribution in [1.29, 1.82) is 5.26 Å². The fraction of sp³-hybridized carbons (Fsp3) is 0.625. The number of nitrogens with one attached hydrogen (secondary N) is 2. The van der Waals surface area contributed by atoms with Crippen LogP contribution in [-0.2, 0) is 17.6 Å². The van der Waals surface area contributed by atoms with Crippen molar-refractivity contribution in [2.45, 2.75) is 52.5 Å². The van der Waals surface area contributed by atoms with Crippen molar-refractivity contribution in [2.75, 3.05) is 11.9 Å². The van der Waals surface area contributed by atoms with Gasteiger partial charge in [0.05, 0.1) is 5.56 Å². The van der Waals surface area contributed by atoms with Gasteiger partial charge in [0, 0.05) is 23.9 Å². The Morgan fingerprint density at radius 2 is 2.29 bits per heavy atom. The molecule has 5 heteroatoms. The summed E-state index contributed by atoms with van der Waals surface area (Å²) in [7, 11) is 0. The standard InChI is InChI=1S/C16H23N3OS/c1-10(2)18-7-6-15(20)19-16-13(9-17)12-5-4-11(3)8-14(12)21-16/h10-11,18H,4-8H2,1-3H3,(H,19,20). The molecular weight excluding hydrogens is 282 g/mol. The third-order valence-corrected chi connectivity index (χ3v) is 4.95. The third-order valence-electron chi connectivity index (χ3n) is 3.78. The second-order valence-corrected chi connectivity index (χ2v) is 7.18. The Hall–Kier alpha value is -1.38. The molecule has 1 aromatic rings. The van der Waals surface area contributed by atoms with Gasteiger partial charge >= 0.3 is 0 Å². The van der Waals surface area contributed by atoms with Crippen molar-refractivity contribution in [3.63, 3.8) is 0 Å². The van der Waals surface area contributed by atoms with Gasteiger partial charge in [-0.05, 0) is 30.7 Å².